The SMILES string of the molecule is C/C=C/c1cc(C(=O)OCc2nc(-c3ccccc3)oc2C)cc(OC)c1OC. The van der Waals surface area contributed by atoms with Crippen LogP contribution in [-0.2, 0) is 11.3 Å². The van der Waals surface area contributed by atoms with Crippen LogP contribution in [0.4, 0.5) is 0 Å². The molecule has 0 N–H and O–H groups in total. The summed E-state index contributed by atoms with van der Waals surface area (Å²) in [5, 5.41) is 0. The summed E-state index contributed by atoms with van der Waals surface area (Å²) >= 11 is 0. The Balaban J connectivity index is 1.79. The number of rotatable bonds is 7. The van der Waals surface area contributed by atoms with Gasteiger partial charge in [-0.15, -0.1) is 0 Å². The fraction of sp³-hybridized carbons (Fsp3) is 0.217. The number of allylic oxidation sites excluding steroid dienone is 1. The zero-order valence-corrected chi connectivity index (χ0v) is 16.9. The predicted octanol–water partition coefficient (Wildman–Crippen LogP) is 5.06. The topological polar surface area (TPSA) is 70.8 Å². The van der Waals surface area contributed by atoms with Gasteiger partial charge in [-0.3, -0.25) is 0 Å². The van der Waals surface area contributed by atoms with Crippen LogP contribution in [-0.4, -0.2) is 25.2 Å². The lowest BCUT2D eigenvalue weighted by Crippen LogP contribution is -2.07. The second-order valence-electron chi connectivity index (χ2n) is 6.27. The van der Waals surface area contributed by atoms with E-state index in [1.165, 1.54) is 7.11 Å². The van der Waals surface area contributed by atoms with Crippen LogP contribution in [0.5, 0.6) is 11.5 Å². The van der Waals surface area contributed by atoms with Crippen molar-refractivity contribution in [2.75, 3.05) is 14.2 Å². The van der Waals surface area contributed by atoms with Gasteiger partial charge in [0.2, 0.25) is 5.89 Å². The van der Waals surface area contributed by atoms with Gasteiger partial charge < -0.3 is 18.6 Å². The number of ether oxygens (including phenoxy) is 3. The molecule has 6 heteroatoms. The minimum Gasteiger partial charge on any atom is -0.493 e. The number of carbonyl (C=O) groups is 1. The number of nitrogens with zero attached hydrogens (tertiary/aromatic N) is 1. The normalized spacial score (nSPS) is 10.9. The molecule has 0 fully saturated rings. The monoisotopic (exact) mass is 393 g/mol. The summed E-state index contributed by atoms with van der Waals surface area (Å²) in [6.45, 7) is 3.69. The number of hydrogen-bond donors (Lipinski definition) is 0. The molecule has 0 amide bonds. The van der Waals surface area contributed by atoms with Crippen LogP contribution in [0.3, 0.4) is 0 Å². The molecule has 0 atom stereocenters. The first-order valence-corrected chi connectivity index (χ1v) is 9.15. The molecule has 1 aromatic heterocycles. The van der Waals surface area contributed by atoms with Crippen molar-refractivity contribution in [2.45, 2.75) is 20.5 Å². The number of oxazole rings is 1. The maximum atomic E-state index is 12.6. The Morgan fingerprint density at radius 3 is 2.55 bits per heavy atom. The van der Waals surface area contributed by atoms with Crippen molar-refractivity contribution in [1.82, 2.24) is 4.98 Å². The first-order valence-electron chi connectivity index (χ1n) is 9.15. The number of carbonyl (C=O) groups excluding carboxylic acids is 1. The standard InChI is InChI=1S/C23H23NO5/c1-5-9-17-12-18(13-20(26-3)21(17)27-4)23(25)28-14-19-15(2)29-22(24-19)16-10-7-6-8-11-16/h5-13H,14H2,1-4H3/b9-5+. The Labute approximate surface area is 169 Å². The first-order chi connectivity index (χ1) is 14.1. The fourth-order valence-electron chi connectivity index (χ4n) is 2.90. The molecule has 1 heterocycles. The molecule has 0 aliphatic rings. The molecule has 29 heavy (non-hydrogen) atoms. The van der Waals surface area contributed by atoms with Crippen molar-refractivity contribution in [3.05, 3.63) is 71.1 Å². The third kappa shape index (κ3) is 4.48. The van der Waals surface area contributed by atoms with Gasteiger partial charge in [-0.25, -0.2) is 9.78 Å². The first kappa shape index (κ1) is 20.2. The third-order valence-corrected chi connectivity index (χ3v) is 4.34. The highest BCUT2D eigenvalue weighted by Gasteiger charge is 2.18. The Kier molecular flexibility index (Phi) is 6.34. The number of benzene rings is 2. The van der Waals surface area contributed by atoms with Gasteiger partial charge in [0.15, 0.2) is 11.5 Å². The number of esters is 1. The quantitative estimate of drug-likeness (QED) is 0.523. The van der Waals surface area contributed by atoms with E-state index in [9.17, 15) is 4.79 Å². The van der Waals surface area contributed by atoms with Crippen molar-refractivity contribution < 1.29 is 23.4 Å². The van der Waals surface area contributed by atoms with Gasteiger partial charge in [0, 0.05) is 11.1 Å². The van der Waals surface area contributed by atoms with Crippen molar-refractivity contribution in [3.8, 4) is 23.0 Å². The summed E-state index contributed by atoms with van der Waals surface area (Å²) in [5.74, 6) is 1.63. The molecule has 0 spiro atoms. The molecule has 6 nitrogen and oxygen atoms in total. The van der Waals surface area contributed by atoms with Crippen LogP contribution in [0.25, 0.3) is 17.5 Å². The molecule has 3 rings (SSSR count). The smallest absolute Gasteiger partial charge is 0.338 e. The number of hydrogen-bond acceptors (Lipinski definition) is 6. The molecule has 3 aromatic rings. The summed E-state index contributed by atoms with van der Waals surface area (Å²) < 4.78 is 21.9. The summed E-state index contributed by atoms with van der Waals surface area (Å²) in [6.07, 6.45) is 3.70. The fourth-order valence-corrected chi connectivity index (χ4v) is 2.90. The molecule has 150 valence electrons. The molecule has 0 saturated heterocycles. The van der Waals surface area contributed by atoms with E-state index in [0.717, 1.165) is 11.1 Å². The zero-order chi connectivity index (χ0) is 20.8. The maximum absolute atomic E-state index is 12.6. The second kappa shape index (κ2) is 9.10. The minimum absolute atomic E-state index is 0.00823. The van der Waals surface area contributed by atoms with Gasteiger partial charge >= 0.3 is 5.97 Å². The molecular formula is C23H23NO5. The van der Waals surface area contributed by atoms with Crippen LogP contribution < -0.4 is 9.47 Å². The van der Waals surface area contributed by atoms with Crippen LogP contribution in [0, 0.1) is 6.92 Å². The Bertz CT molecular complexity index is 1020. The van der Waals surface area contributed by atoms with Crippen molar-refractivity contribution in [1.29, 1.82) is 0 Å². The summed E-state index contributed by atoms with van der Waals surface area (Å²) in [4.78, 5) is 17.1. The largest absolute Gasteiger partial charge is 0.493 e. The minimum atomic E-state index is -0.486. The lowest BCUT2D eigenvalue weighted by Gasteiger charge is -2.13. The van der Waals surface area contributed by atoms with E-state index in [-0.39, 0.29) is 6.61 Å². The number of aromatic nitrogens is 1. The van der Waals surface area contributed by atoms with Gasteiger partial charge in [0.25, 0.3) is 0 Å². The molecule has 0 radical (unpaired) electrons. The van der Waals surface area contributed by atoms with Gasteiger partial charge in [-0.1, -0.05) is 30.4 Å². The highest BCUT2D eigenvalue weighted by molar-refractivity contribution is 5.91. The van der Waals surface area contributed by atoms with Crippen LogP contribution in [0.1, 0.15) is 34.3 Å². The van der Waals surface area contributed by atoms with Gasteiger partial charge in [0.1, 0.15) is 18.1 Å². The molecule has 0 bridgehead atoms. The van der Waals surface area contributed by atoms with Crippen LogP contribution in [0.2, 0.25) is 0 Å². The van der Waals surface area contributed by atoms with E-state index in [2.05, 4.69) is 4.98 Å². The number of methoxy groups -OCH3 is 2. The van der Waals surface area contributed by atoms with Crippen molar-refractivity contribution in [3.63, 3.8) is 0 Å². The summed E-state index contributed by atoms with van der Waals surface area (Å²) in [7, 11) is 3.08. The highest BCUT2D eigenvalue weighted by atomic mass is 16.5. The molecular weight excluding hydrogens is 370 g/mol. The molecule has 0 aliphatic heterocycles. The molecule has 0 unspecified atom stereocenters. The van der Waals surface area contributed by atoms with Gasteiger partial charge in [-0.05, 0) is 38.1 Å². The molecule has 2 aromatic carbocycles. The predicted molar refractivity (Wildman–Crippen MR) is 110 cm³/mol. The van der Waals surface area contributed by atoms with Crippen LogP contribution >= 0.6 is 0 Å². The average Bonchev–Trinajstić information content (AvgIpc) is 3.12. The van der Waals surface area contributed by atoms with E-state index in [0.29, 0.717) is 34.4 Å². The van der Waals surface area contributed by atoms with Gasteiger partial charge in [-0.2, -0.15) is 0 Å². The van der Waals surface area contributed by atoms with E-state index >= 15 is 0 Å². The Morgan fingerprint density at radius 2 is 1.90 bits per heavy atom. The van der Waals surface area contributed by atoms with Crippen LogP contribution in [0.15, 0.2) is 53.0 Å². The molecule has 0 aliphatic carbocycles. The maximum Gasteiger partial charge on any atom is 0.338 e. The zero-order valence-electron chi connectivity index (χ0n) is 16.9. The van der Waals surface area contributed by atoms with Crippen molar-refractivity contribution in [2.24, 2.45) is 0 Å². The number of aryl methyl sites for hydroxylation is 1. The molecule has 0 saturated carbocycles. The highest BCUT2D eigenvalue weighted by Crippen LogP contribution is 2.34. The average molecular weight is 393 g/mol. The van der Waals surface area contributed by atoms with E-state index in [4.69, 9.17) is 18.6 Å². The van der Waals surface area contributed by atoms with E-state index in [1.54, 1.807) is 26.2 Å². The lowest BCUT2D eigenvalue weighted by atomic mass is 10.1. The third-order valence-electron chi connectivity index (χ3n) is 4.34. The van der Waals surface area contributed by atoms with E-state index in [1.807, 2.05) is 49.4 Å². The van der Waals surface area contributed by atoms with Crippen molar-refractivity contribution >= 4 is 12.0 Å². The lowest BCUT2D eigenvalue weighted by molar-refractivity contribution is 0.0466. The van der Waals surface area contributed by atoms with Gasteiger partial charge in [0.05, 0.1) is 19.8 Å². The van der Waals surface area contributed by atoms with E-state index < -0.39 is 5.97 Å². The summed E-state index contributed by atoms with van der Waals surface area (Å²) in [6, 6.07) is 12.9. The second-order valence-corrected chi connectivity index (χ2v) is 6.27. The Morgan fingerprint density at radius 1 is 1.14 bits per heavy atom. The Hall–Kier alpha value is -3.54. The summed E-state index contributed by atoms with van der Waals surface area (Å²) in [5.41, 5.74) is 2.53.